The number of Topliss-reactive ketones (excluding diaryl/α,β-unsaturated/α-hetero) is 1. The highest BCUT2D eigenvalue weighted by molar-refractivity contribution is 5.85. The number of aryl methyl sites for hydroxylation is 1. The first-order chi connectivity index (χ1) is 7.01. The van der Waals surface area contributed by atoms with Crippen molar-refractivity contribution >= 4 is 5.78 Å². The lowest BCUT2D eigenvalue weighted by Gasteiger charge is -2.20. The molecule has 5 nitrogen and oxygen atoms in total. The van der Waals surface area contributed by atoms with E-state index in [1.807, 2.05) is 20.8 Å². The molecular weight excluding hydrogens is 192 g/mol. The van der Waals surface area contributed by atoms with Gasteiger partial charge in [0.2, 0.25) is 0 Å². The highest BCUT2D eigenvalue weighted by Crippen LogP contribution is 2.16. The second kappa shape index (κ2) is 4.53. The third kappa shape index (κ3) is 2.62. The minimum Gasteiger partial charge on any atom is -0.329 e. The average Bonchev–Trinajstić information content (AvgIpc) is 2.65. The van der Waals surface area contributed by atoms with E-state index < -0.39 is 5.41 Å². The predicted octanol–water partition coefficient (Wildman–Crippen LogP) is 0.394. The first-order valence-electron chi connectivity index (χ1n) is 5.11. The Morgan fingerprint density at radius 1 is 1.60 bits per heavy atom. The molecule has 0 saturated heterocycles. The molecule has 2 N–H and O–H groups in total. The van der Waals surface area contributed by atoms with Gasteiger partial charge in [-0.3, -0.25) is 4.79 Å². The van der Waals surface area contributed by atoms with E-state index >= 15 is 0 Å². The molecule has 1 aromatic rings. The Kier molecular flexibility index (Phi) is 3.57. The number of rotatable bonds is 5. The fraction of sp³-hybridized carbons (Fsp3) is 0.700. The lowest BCUT2D eigenvalue weighted by atomic mass is 9.86. The Morgan fingerprint density at radius 3 is 2.80 bits per heavy atom. The summed E-state index contributed by atoms with van der Waals surface area (Å²) < 4.78 is 1.73. The summed E-state index contributed by atoms with van der Waals surface area (Å²) in [7, 11) is 0. The van der Waals surface area contributed by atoms with Crippen LogP contribution in [-0.2, 0) is 17.8 Å². The van der Waals surface area contributed by atoms with Crippen LogP contribution in [0.15, 0.2) is 6.33 Å². The van der Waals surface area contributed by atoms with Gasteiger partial charge in [0.25, 0.3) is 0 Å². The second-order valence-electron chi connectivity index (χ2n) is 4.18. The first kappa shape index (κ1) is 11.8. The van der Waals surface area contributed by atoms with Crippen LogP contribution in [0, 0.1) is 5.41 Å². The van der Waals surface area contributed by atoms with Crippen LogP contribution in [0.3, 0.4) is 0 Å². The Morgan fingerprint density at radius 2 is 2.27 bits per heavy atom. The first-order valence-corrected chi connectivity index (χ1v) is 5.11. The number of nitrogens with zero attached hydrogens (tertiary/aromatic N) is 3. The van der Waals surface area contributed by atoms with E-state index in [2.05, 4.69) is 10.1 Å². The number of nitrogens with two attached hydrogens (primary N) is 1. The Balaban J connectivity index is 2.74. The van der Waals surface area contributed by atoms with Crippen LogP contribution in [0.4, 0.5) is 0 Å². The maximum atomic E-state index is 11.9. The zero-order valence-electron chi connectivity index (χ0n) is 9.53. The molecular formula is C10H18N4O. The zero-order chi connectivity index (χ0) is 11.5. The van der Waals surface area contributed by atoms with Gasteiger partial charge < -0.3 is 5.73 Å². The van der Waals surface area contributed by atoms with E-state index in [9.17, 15) is 4.79 Å². The van der Waals surface area contributed by atoms with Gasteiger partial charge in [0.05, 0.1) is 6.42 Å². The van der Waals surface area contributed by atoms with Gasteiger partial charge in [0.1, 0.15) is 17.9 Å². The van der Waals surface area contributed by atoms with Crippen molar-refractivity contribution in [2.75, 3.05) is 6.54 Å². The van der Waals surface area contributed by atoms with Crippen molar-refractivity contribution in [3.8, 4) is 0 Å². The summed E-state index contributed by atoms with van der Waals surface area (Å²) in [6.45, 7) is 6.75. The third-order valence-electron chi connectivity index (χ3n) is 2.58. The van der Waals surface area contributed by atoms with Crippen LogP contribution in [0.25, 0.3) is 0 Å². The smallest absolute Gasteiger partial charge is 0.147 e. The van der Waals surface area contributed by atoms with Crippen LogP contribution in [-0.4, -0.2) is 27.1 Å². The zero-order valence-corrected chi connectivity index (χ0v) is 9.53. The van der Waals surface area contributed by atoms with E-state index in [0.717, 1.165) is 6.54 Å². The molecule has 0 saturated carbocycles. The van der Waals surface area contributed by atoms with Gasteiger partial charge in [-0.25, -0.2) is 9.67 Å². The molecule has 15 heavy (non-hydrogen) atoms. The van der Waals surface area contributed by atoms with Gasteiger partial charge >= 0.3 is 0 Å². The summed E-state index contributed by atoms with van der Waals surface area (Å²) in [5.41, 5.74) is 5.06. The van der Waals surface area contributed by atoms with Gasteiger partial charge in [0.15, 0.2) is 0 Å². The lowest BCUT2D eigenvalue weighted by Crippen LogP contribution is -2.34. The lowest BCUT2D eigenvalue weighted by molar-refractivity contribution is -0.126. The molecule has 0 bridgehead atoms. The van der Waals surface area contributed by atoms with Gasteiger partial charge in [-0.05, 0) is 6.92 Å². The molecule has 0 aromatic carbocycles. The second-order valence-corrected chi connectivity index (χ2v) is 4.18. The summed E-state index contributed by atoms with van der Waals surface area (Å²) in [5, 5.41) is 4.02. The van der Waals surface area contributed by atoms with Gasteiger partial charge in [-0.2, -0.15) is 5.10 Å². The van der Waals surface area contributed by atoms with Crippen LogP contribution in [0.1, 0.15) is 26.6 Å². The molecule has 0 amide bonds. The summed E-state index contributed by atoms with van der Waals surface area (Å²) in [6, 6.07) is 0. The Labute approximate surface area is 89.7 Å². The standard InChI is InChI=1S/C10H18N4O/c1-4-14-9(12-7-13-14)5-8(15)10(2,3)6-11/h7H,4-6,11H2,1-3H3. The fourth-order valence-electron chi connectivity index (χ4n) is 1.19. The monoisotopic (exact) mass is 210 g/mol. The summed E-state index contributed by atoms with van der Waals surface area (Å²) in [5.74, 6) is 0.816. The topological polar surface area (TPSA) is 73.8 Å². The van der Waals surface area contributed by atoms with E-state index in [4.69, 9.17) is 5.73 Å². The van der Waals surface area contributed by atoms with E-state index in [0.29, 0.717) is 18.8 Å². The summed E-state index contributed by atoms with van der Waals surface area (Å²) >= 11 is 0. The van der Waals surface area contributed by atoms with Crippen molar-refractivity contribution < 1.29 is 4.79 Å². The fourth-order valence-corrected chi connectivity index (χ4v) is 1.19. The molecule has 0 aliphatic carbocycles. The number of carbonyl (C=O) groups excluding carboxylic acids is 1. The molecule has 5 heteroatoms. The average molecular weight is 210 g/mol. The predicted molar refractivity (Wildman–Crippen MR) is 57.2 cm³/mol. The number of carbonyl (C=O) groups is 1. The molecule has 1 aromatic heterocycles. The Hall–Kier alpha value is -1.23. The van der Waals surface area contributed by atoms with Crippen molar-refractivity contribution in [2.45, 2.75) is 33.7 Å². The van der Waals surface area contributed by atoms with Gasteiger partial charge in [-0.15, -0.1) is 0 Å². The molecule has 1 rings (SSSR count). The molecule has 0 atom stereocenters. The van der Waals surface area contributed by atoms with Crippen molar-refractivity contribution in [1.29, 1.82) is 0 Å². The summed E-state index contributed by atoms with van der Waals surface area (Å²) in [6.07, 6.45) is 1.78. The highest BCUT2D eigenvalue weighted by Gasteiger charge is 2.26. The van der Waals surface area contributed by atoms with Gasteiger partial charge in [-0.1, -0.05) is 13.8 Å². The molecule has 84 valence electrons. The molecule has 1 heterocycles. The molecule has 0 fully saturated rings. The minimum absolute atomic E-state index is 0.104. The SMILES string of the molecule is CCn1ncnc1CC(=O)C(C)(C)CN. The van der Waals surface area contributed by atoms with E-state index in [1.165, 1.54) is 6.33 Å². The van der Waals surface area contributed by atoms with Crippen molar-refractivity contribution in [3.05, 3.63) is 12.2 Å². The highest BCUT2D eigenvalue weighted by atomic mass is 16.1. The molecule has 0 unspecified atom stereocenters. The van der Waals surface area contributed by atoms with E-state index in [1.54, 1.807) is 4.68 Å². The maximum Gasteiger partial charge on any atom is 0.147 e. The van der Waals surface area contributed by atoms with Crippen LogP contribution < -0.4 is 5.73 Å². The quantitative estimate of drug-likeness (QED) is 0.763. The van der Waals surface area contributed by atoms with Crippen LogP contribution in [0.2, 0.25) is 0 Å². The number of ketones is 1. The third-order valence-corrected chi connectivity index (χ3v) is 2.58. The van der Waals surface area contributed by atoms with Crippen LogP contribution >= 0.6 is 0 Å². The van der Waals surface area contributed by atoms with Crippen molar-refractivity contribution in [1.82, 2.24) is 14.8 Å². The van der Waals surface area contributed by atoms with Gasteiger partial charge in [0, 0.05) is 18.5 Å². The molecule has 0 radical (unpaired) electrons. The van der Waals surface area contributed by atoms with E-state index in [-0.39, 0.29) is 5.78 Å². The van der Waals surface area contributed by atoms with Crippen molar-refractivity contribution in [2.24, 2.45) is 11.1 Å². The largest absolute Gasteiger partial charge is 0.329 e. The molecule has 0 spiro atoms. The number of aromatic nitrogens is 3. The van der Waals surface area contributed by atoms with Crippen LogP contribution in [0.5, 0.6) is 0 Å². The molecule has 0 aliphatic heterocycles. The summed E-state index contributed by atoms with van der Waals surface area (Å²) in [4.78, 5) is 15.9. The molecule has 0 aliphatic rings. The van der Waals surface area contributed by atoms with Crippen molar-refractivity contribution in [3.63, 3.8) is 0 Å². The number of hydrogen-bond donors (Lipinski definition) is 1. The minimum atomic E-state index is -0.482. The normalized spacial score (nSPS) is 11.7. The number of hydrogen-bond acceptors (Lipinski definition) is 4. The maximum absolute atomic E-state index is 11.9. The Bertz CT molecular complexity index is 343.